The Labute approximate surface area is 126 Å². The van der Waals surface area contributed by atoms with Crippen molar-refractivity contribution >= 4 is 21.7 Å². The van der Waals surface area contributed by atoms with Gasteiger partial charge in [0.05, 0.1) is 16.2 Å². The molecule has 1 aliphatic heterocycles. The van der Waals surface area contributed by atoms with E-state index in [1.165, 1.54) is 0 Å². The topological polar surface area (TPSA) is 57.7 Å². The summed E-state index contributed by atoms with van der Waals surface area (Å²) >= 11 is 3.40. The number of nitriles is 1. The van der Waals surface area contributed by atoms with Crippen LogP contribution in [0.5, 0.6) is 0 Å². The van der Waals surface area contributed by atoms with Gasteiger partial charge in [0.15, 0.2) is 0 Å². The standard InChI is InChI=1S/C14H14BrN5/c1-10-2-3-12(4-16)14(18-10)19-6-11(7-19)8-20-9-13(15)5-17-20/h2-3,5,9,11H,6-8H2,1H3. The first-order chi connectivity index (χ1) is 9.65. The summed E-state index contributed by atoms with van der Waals surface area (Å²) in [6.45, 7) is 4.68. The predicted molar refractivity (Wildman–Crippen MR) is 79.3 cm³/mol. The van der Waals surface area contributed by atoms with E-state index in [2.05, 4.69) is 37.0 Å². The monoisotopic (exact) mass is 331 g/mol. The molecule has 1 aliphatic rings. The fraction of sp³-hybridized carbons (Fsp3) is 0.357. The molecule has 20 heavy (non-hydrogen) atoms. The minimum absolute atomic E-state index is 0.552. The van der Waals surface area contributed by atoms with Crippen LogP contribution in [0.25, 0.3) is 0 Å². The highest BCUT2D eigenvalue weighted by Gasteiger charge is 2.29. The second-order valence-electron chi connectivity index (χ2n) is 5.09. The fourth-order valence-corrected chi connectivity index (χ4v) is 2.76. The Kier molecular flexibility index (Phi) is 3.45. The van der Waals surface area contributed by atoms with E-state index in [-0.39, 0.29) is 0 Å². The van der Waals surface area contributed by atoms with Crippen molar-refractivity contribution in [3.8, 4) is 6.07 Å². The Hall–Kier alpha value is -1.87. The summed E-state index contributed by atoms with van der Waals surface area (Å²) in [5, 5.41) is 13.4. The second-order valence-corrected chi connectivity index (χ2v) is 6.00. The van der Waals surface area contributed by atoms with Crippen molar-refractivity contribution in [2.45, 2.75) is 13.5 Å². The lowest BCUT2D eigenvalue weighted by Gasteiger charge is -2.40. The summed E-state index contributed by atoms with van der Waals surface area (Å²) in [7, 11) is 0. The van der Waals surface area contributed by atoms with E-state index in [9.17, 15) is 0 Å². The van der Waals surface area contributed by atoms with Crippen LogP contribution in [0.1, 0.15) is 11.3 Å². The van der Waals surface area contributed by atoms with Crippen LogP contribution in [0.15, 0.2) is 29.0 Å². The second kappa shape index (κ2) is 5.25. The molecule has 2 aromatic heterocycles. The van der Waals surface area contributed by atoms with Crippen molar-refractivity contribution in [2.75, 3.05) is 18.0 Å². The number of aromatic nitrogens is 3. The summed E-state index contributed by atoms with van der Waals surface area (Å²) in [6.07, 6.45) is 3.78. The Morgan fingerprint density at radius 1 is 1.45 bits per heavy atom. The zero-order valence-electron chi connectivity index (χ0n) is 11.1. The van der Waals surface area contributed by atoms with Gasteiger partial charge in [-0.15, -0.1) is 0 Å². The predicted octanol–water partition coefficient (Wildman–Crippen LogP) is 2.36. The lowest BCUT2D eigenvalue weighted by Crippen LogP contribution is -2.49. The normalized spacial score (nSPS) is 14.9. The minimum Gasteiger partial charge on any atom is -0.355 e. The van der Waals surface area contributed by atoms with Gasteiger partial charge in [0, 0.05) is 37.4 Å². The van der Waals surface area contributed by atoms with Crippen LogP contribution >= 0.6 is 15.9 Å². The molecule has 6 heteroatoms. The Morgan fingerprint density at radius 3 is 2.90 bits per heavy atom. The van der Waals surface area contributed by atoms with Crippen LogP contribution in [0, 0.1) is 24.2 Å². The van der Waals surface area contributed by atoms with E-state index < -0.39 is 0 Å². The largest absolute Gasteiger partial charge is 0.355 e. The third-order valence-corrected chi connectivity index (χ3v) is 3.85. The molecule has 0 bridgehead atoms. The molecule has 2 aromatic rings. The van der Waals surface area contributed by atoms with E-state index in [1.807, 2.05) is 29.9 Å². The molecule has 3 rings (SSSR count). The van der Waals surface area contributed by atoms with Gasteiger partial charge in [-0.05, 0) is 35.0 Å². The molecule has 0 spiro atoms. The van der Waals surface area contributed by atoms with Gasteiger partial charge >= 0.3 is 0 Å². The number of hydrogen-bond donors (Lipinski definition) is 0. The van der Waals surface area contributed by atoms with Crippen molar-refractivity contribution < 1.29 is 0 Å². The first-order valence-corrected chi connectivity index (χ1v) is 7.25. The summed E-state index contributed by atoms with van der Waals surface area (Å²) < 4.78 is 2.95. The van der Waals surface area contributed by atoms with Gasteiger partial charge in [-0.1, -0.05) is 0 Å². The van der Waals surface area contributed by atoms with E-state index in [1.54, 1.807) is 6.20 Å². The number of halogens is 1. The third-order valence-electron chi connectivity index (χ3n) is 3.44. The van der Waals surface area contributed by atoms with Gasteiger partial charge in [-0.3, -0.25) is 4.68 Å². The molecule has 0 amide bonds. The molecule has 102 valence electrons. The van der Waals surface area contributed by atoms with Crippen molar-refractivity contribution in [2.24, 2.45) is 5.92 Å². The van der Waals surface area contributed by atoms with Crippen molar-refractivity contribution in [3.05, 3.63) is 40.3 Å². The molecule has 0 atom stereocenters. The van der Waals surface area contributed by atoms with Gasteiger partial charge in [-0.2, -0.15) is 10.4 Å². The molecule has 0 aliphatic carbocycles. The number of aryl methyl sites for hydroxylation is 1. The van der Waals surface area contributed by atoms with Crippen molar-refractivity contribution in [1.82, 2.24) is 14.8 Å². The summed E-state index contributed by atoms with van der Waals surface area (Å²) in [5.41, 5.74) is 1.59. The zero-order chi connectivity index (χ0) is 14.1. The number of anilines is 1. The molecule has 5 nitrogen and oxygen atoms in total. The lowest BCUT2D eigenvalue weighted by atomic mass is 9.99. The minimum atomic E-state index is 0.552. The zero-order valence-corrected chi connectivity index (χ0v) is 12.7. The quantitative estimate of drug-likeness (QED) is 0.866. The Morgan fingerprint density at radius 2 is 2.25 bits per heavy atom. The van der Waals surface area contributed by atoms with Crippen LogP contribution in [0.4, 0.5) is 5.82 Å². The first-order valence-electron chi connectivity index (χ1n) is 6.46. The number of hydrogen-bond acceptors (Lipinski definition) is 4. The van der Waals surface area contributed by atoms with Crippen LogP contribution in [-0.2, 0) is 6.54 Å². The summed E-state index contributed by atoms with van der Waals surface area (Å²) in [5.74, 6) is 1.36. The summed E-state index contributed by atoms with van der Waals surface area (Å²) in [4.78, 5) is 6.65. The molecule has 3 heterocycles. The lowest BCUT2D eigenvalue weighted by molar-refractivity contribution is 0.340. The number of pyridine rings is 1. The van der Waals surface area contributed by atoms with E-state index in [4.69, 9.17) is 5.26 Å². The van der Waals surface area contributed by atoms with Gasteiger partial charge < -0.3 is 4.90 Å². The van der Waals surface area contributed by atoms with Crippen LogP contribution in [0.2, 0.25) is 0 Å². The Balaban J connectivity index is 1.66. The maximum Gasteiger partial charge on any atom is 0.146 e. The van der Waals surface area contributed by atoms with Crippen molar-refractivity contribution in [3.63, 3.8) is 0 Å². The van der Waals surface area contributed by atoms with Gasteiger partial charge in [0.1, 0.15) is 11.9 Å². The van der Waals surface area contributed by atoms with Crippen LogP contribution < -0.4 is 4.90 Å². The molecule has 0 N–H and O–H groups in total. The molecule has 0 unspecified atom stereocenters. The molecular weight excluding hydrogens is 318 g/mol. The number of nitrogens with zero attached hydrogens (tertiary/aromatic N) is 5. The molecular formula is C14H14BrN5. The van der Waals surface area contributed by atoms with E-state index in [0.717, 1.165) is 35.6 Å². The van der Waals surface area contributed by atoms with Crippen LogP contribution in [-0.4, -0.2) is 27.9 Å². The molecule has 0 aromatic carbocycles. The van der Waals surface area contributed by atoms with E-state index in [0.29, 0.717) is 11.5 Å². The number of rotatable bonds is 3. The van der Waals surface area contributed by atoms with Gasteiger partial charge in [-0.25, -0.2) is 4.98 Å². The summed E-state index contributed by atoms with van der Waals surface area (Å²) in [6, 6.07) is 5.93. The maximum atomic E-state index is 9.15. The molecule has 0 radical (unpaired) electrons. The van der Waals surface area contributed by atoms with Gasteiger partial charge in [0.25, 0.3) is 0 Å². The molecule has 1 fully saturated rings. The highest BCUT2D eigenvalue weighted by molar-refractivity contribution is 9.10. The Bertz CT molecular complexity index is 666. The highest BCUT2D eigenvalue weighted by atomic mass is 79.9. The van der Waals surface area contributed by atoms with Crippen molar-refractivity contribution in [1.29, 1.82) is 5.26 Å². The maximum absolute atomic E-state index is 9.15. The highest BCUT2D eigenvalue weighted by Crippen LogP contribution is 2.27. The first kappa shape index (κ1) is 13.1. The van der Waals surface area contributed by atoms with E-state index >= 15 is 0 Å². The average molecular weight is 332 g/mol. The molecule has 1 saturated heterocycles. The van der Waals surface area contributed by atoms with Gasteiger partial charge in [0.2, 0.25) is 0 Å². The SMILES string of the molecule is Cc1ccc(C#N)c(N2CC(Cn3cc(Br)cn3)C2)n1. The average Bonchev–Trinajstić information content (AvgIpc) is 2.79. The fourth-order valence-electron chi connectivity index (χ4n) is 2.43. The smallest absolute Gasteiger partial charge is 0.146 e. The molecule has 0 saturated carbocycles. The third kappa shape index (κ3) is 2.54. The van der Waals surface area contributed by atoms with Crippen LogP contribution in [0.3, 0.4) is 0 Å².